The Hall–Kier alpha value is -2.18. The lowest BCUT2D eigenvalue weighted by molar-refractivity contribution is 0.0732. The maximum Gasteiger partial charge on any atom is 0.224 e. The van der Waals surface area contributed by atoms with Gasteiger partial charge in [-0.15, -0.1) is 0 Å². The number of aliphatic hydroxyl groups is 1. The minimum absolute atomic E-state index is 0.447. The molecule has 0 aliphatic rings. The Morgan fingerprint density at radius 3 is 1.79 bits per heavy atom. The largest absolute Gasteiger partial charge is 0.379 e. The number of halogens is 1. The van der Waals surface area contributed by atoms with Gasteiger partial charge in [0.15, 0.2) is 0 Å². The maximum atomic E-state index is 13.4. The van der Waals surface area contributed by atoms with Crippen LogP contribution in [0.25, 0.3) is 0 Å². The smallest absolute Gasteiger partial charge is 0.224 e. The fourth-order valence-corrected chi connectivity index (χ4v) is 5.08. The average molecular weight is 416 g/mol. The van der Waals surface area contributed by atoms with E-state index in [2.05, 4.69) is 0 Å². The van der Waals surface area contributed by atoms with Gasteiger partial charge in [0, 0.05) is 19.1 Å². The highest BCUT2D eigenvalue weighted by atomic mass is 35.5. The fraction of sp³-hybridized carbons (Fsp3) is 0.182. The number of sulfonamides is 1. The van der Waals surface area contributed by atoms with Crippen LogP contribution in [0.1, 0.15) is 21.9 Å². The lowest BCUT2D eigenvalue weighted by Gasteiger charge is -2.38. The van der Waals surface area contributed by atoms with E-state index in [1.807, 2.05) is 12.1 Å². The van der Waals surface area contributed by atoms with Crippen molar-refractivity contribution >= 4 is 21.6 Å². The summed E-state index contributed by atoms with van der Waals surface area (Å²) >= 11 is 6.04. The molecule has 0 saturated heterocycles. The van der Waals surface area contributed by atoms with Crippen LogP contribution in [-0.2, 0) is 15.6 Å². The van der Waals surface area contributed by atoms with E-state index in [0.29, 0.717) is 21.7 Å². The summed E-state index contributed by atoms with van der Waals surface area (Å²) in [5.74, 6) is 0. The van der Waals surface area contributed by atoms with Gasteiger partial charge in [-0.05, 0) is 28.8 Å². The van der Waals surface area contributed by atoms with Crippen LogP contribution in [0.3, 0.4) is 0 Å². The van der Waals surface area contributed by atoms with Crippen LogP contribution in [0.15, 0.2) is 84.9 Å². The lowest BCUT2D eigenvalue weighted by atomic mass is 9.81. The first-order valence-electron chi connectivity index (χ1n) is 8.78. The molecule has 4 nitrogen and oxygen atoms in total. The Bertz CT molecular complexity index is 1020. The van der Waals surface area contributed by atoms with Gasteiger partial charge in [-0.3, -0.25) is 0 Å². The molecule has 0 fully saturated rings. The molecule has 0 heterocycles. The van der Waals surface area contributed by atoms with E-state index >= 15 is 0 Å². The number of nitrogens with zero attached hydrogens (tertiary/aromatic N) is 1. The van der Waals surface area contributed by atoms with Crippen LogP contribution in [0.2, 0.25) is 5.02 Å². The number of benzene rings is 3. The Morgan fingerprint density at radius 2 is 1.29 bits per heavy atom. The summed E-state index contributed by atoms with van der Waals surface area (Å²) < 4.78 is 28.0. The second kappa shape index (κ2) is 8.05. The highest BCUT2D eigenvalue weighted by Gasteiger charge is 2.49. The standard InChI is InChI=1S/C22H22ClNO3S/c1-24(2)28(26,27)21(17-9-5-3-6-10-17)22(25,18-11-7-4-8-12-18)19-13-15-20(23)16-14-19/h3-16,21,25H,1-2H3/t21-,22+/m1/s1. The van der Waals surface area contributed by atoms with E-state index in [1.54, 1.807) is 72.8 Å². The Morgan fingerprint density at radius 1 is 0.821 bits per heavy atom. The van der Waals surface area contributed by atoms with Crippen molar-refractivity contribution in [3.8, 4) is 0 Å². The highest BCUT2D eigenvalue weighted by molar-refractivity contribution is 7.89. The number of hydrogen-bond acceptors (Lipinski definition) is 3. The number of hydrogen-bond donors (Lipinski definition) is 1. The van der Waals surface area contributed by atoms with Crippen molar-refractivity contribution in [3.05, 3.63) is 107 Å². The third-order valence-corrected chi connectivity index (χ3v) is 7.27. The van der Waals surface area contributed by atoms with Gasteiger partial charge in [-0.1, -0.05) is 84.4 Å². The van der Waals surface area contributed by atoms with Crippen LogP contribution < -0.4 is 0 Å². The Kier molecular flexibility index (Phi) is 5.91. The van der Waals surface area contributed by atoms with Gasteiger partial charge < -0.3 is 5.11 Å². The molecule has 0 aliphatic heterocycles. The molecule has 0 radical (unpaired) electrons. The van der Waals surface area contributed by atoms with Crippen LogP contribution in [0.4, 0.5) is 0 Å². The Balaban J connectivity index is 2.37. The molecule has 0 aliphatic carbocycles. The molecule has 146 valence electrons. The SMILES string of the molecule is CN(C)S(=O)(=O)[C@H](c1ccccc1)[C@](O)(c1ccccc1)c1ccc(Cl)cc1. The van der Waals surface area contributed by atoms with Crippen molar-refractivity contribution in [1.29, 1.82) is 0 Å². The van der Waals surface area contributed by atoms with E-state index in [0.717, 1.165) is 4.31 Å². The zero-order chi connectivity index (χ0) is 20.4. The molecule has 0 saturated carbocycles. The molecular weight excluding hydrogens is 394 g/mol. The molecule has 0 spiro atoms. The van der Waals surface area contributed by atoms with E-state index in [1.165, 1.54) is 14.1 Å². The molecule has 28 heavy (non-hydrogen) atoms. The van der Waals surface area contributed by atoms with Gasteiger partial charge in [0.05, 0.1) is 0 Å². The van der Waals surface area contributed by atoms with E-state index in [4.69, 9.17) is 11.6 Å². The second-order valence-corrected chi connectivity index (χ2v) is 9.43. The highest BCUT2D eigenvalue weighted by Crippen LogP contribution is 2.46. The maximum absolute atomic E-state index is 13.4. The van der Waals surface area contributed by atoms with Crippen LogP contribution >= 0.6 is 11.6 Å². The first kappa shape index (κ1) is 20.6. The van der Waals surface area contributed by atoms with Crippen molar-refractivity contribution in [3.63, 3.8) is 0 Å². The summed E-state index contributed by atoms with van der Waals surface area (Å²) in [6, 6.07) is 24.2. The minimum Gasteiger partial charge on any atom is -0.379 e. The van der Waals surface area contributed by atoms with Crippen molar-refractivity contribution in [2.45, 2.75) is 10.9 Å². The molecular formula is C22H22ClNO3S. The van der Waals surface area contributed by atoms with Crippen LogP contribution in [-0.4, -0.2) is 31.9 Å². The van der Waals surface area contributed by atoms with Crippen molar-refractivity contribution < 1.29 is 13.5 Å². The molecule has 6 heteroatoms. The molecule has 2 atom stereocenters. The summed E-state index contributed by atoms with van der Waals surface area (Å²) in [4.78, 5) is 0. The lowest BCUT2D eigenvalue weighted by Crippen LogP contribution is -2.43. The van der Waals surface area contributed by atoms with Crippen molar-refractivity contribution in [1.82, 2.24) is 4.31 Å². The van der Waals surface area contributed by atoms with Crippen LogP contribution in [0.5, 0.6) is 0 Å². The van der Waals surface area contributed by atoms with Gasteiger partial charge in [-0.25, -0.2) is 12.7 Å². The molecule has 0 aromatic heterocycles. The Labute approximate surface area is 171 Å². The normalized spacial score (nSPS) is 15.2. The quantitative estimate of drug-likeness (QED) is 0.656. The first-order chi connectivity index (χ1) is 13.3. The predicted octanol–water partition coefficient (Wildman–Crippen LogP) is 4.21. The summed E-state index contributed by atoms with van der Waals surface area (Å²) in [6.45, 7) is 0. The monoisotopic (exact) mass is 415 g/mol. The third kappa shape index (κ3) is 3.71. The average Bonchev–Trinajstić information content (AvgIpc) is 2.69. The summed E-state index contributed by atoms with van der Waals surface area (Å²) in [6.07, 6.45) is 0. The van der Waals surface area contributed by atoms with Crippen LogP contribution in [0, 0.1) is 0 Å². The van der Waals surface area contributed by atoms with Gasteiger partial charge >= 0.3 is 0 Å². The van der Waals surface area contributed by atoms with Gasteiger partial charge in [-0.2, -0.15) is 0 Å². The van der Waals surface area contributed by atoms with E-state index < -0.39 is 20.9 Å². The van der Waals surface area contributed by atoms with Gasteiger partial charge in [0.25, 0.3) is 0 Å². The van der Waals surface area contributed by atoms with Crippen molar-refractivity contribution in [2.24, 2.45) is 0 Å². The topological polar surface area (TPSA) is 57.6 Å². The zero-order valence-electron chi connectivity index (χ0n) is 15.7. The second-order valence-electron chi connectivity index (χ2n) is 6.76. The third-order valence-electron chi connectivity index (χ3n) is 4.79. The molecule has 3 aromatic rings. The molecule has 3 rings (SSSR count). The zero-order valence-corrected chi connectivity index (χ0v) is 17.2. The summed E-state index contributed by atoms with van der Waals surface area (Å²) in [5.41, 5.74) is -0.396. The van der Waals surface area contributed by atoms with Crippen molar-refractivity contribution in [2.75, 3.05) is 14.1 Å². The van der Waals surface area contributed by atoms with E-state index in [9.17, 15) is 13.5 Å². The minimum atomic E-state index is -3.91. The fourth-order valence-electron chi connectivity index (χ4n) is 3.33. The number of rotatable bonds is 6. The summed E-state index contributed by atoms with van der Waals surface area (Å²) in [7, 11) is -0.964. The van der Waals surface area contributed by atoms with Gasteiger partial charge in [0.2, 0.25) is 10.0 Å². The predicted molar refractivity (Wildman–Crippen MR) is 113 cm³/mol. The molecule has 3 aromatic carbocycles. The molecule has 0 bridgehead atoms. The molecule has 0 amide bonds. The summed E-state index contributed by atoms with van der Waals surface area (Å²) in [5, 5.41) is 11.3. The van der Waals surface area contributed by atoms with E-state index in [-0.39, 0.29) is 0 Å². The van der Waals surface area contributed by atoms with Gasteiger partial charge in [0.1, 0.15) is 10.9 Å². The molecule has 1 N–H and O–H groups in total. The first-order valence-corrected chi connectivity index (χ1v) is 10.7. The molecule has 0 unspecified atom stereocenters.